The molecule has 0 N–H and O–H groups in total. The first-order valence-electron chi connectivity index (χ1n) is 6.82. The maximum atomic E-state index is 13.1. The van der Waals surface area contributed by atoms with Crippen LogP contribution in [0.3, 0.4) is 0 Å². The minimum atomic E-state index is -4.41. The van der Waals surface area contributed by atoms with Crippen LogP contribution in [0.4, 0.5) is 13.2 Å². The Labute approximate surface area is 125 Å². The number of imidazole rings is 1. The Morgan fingerprint density at radius 2 is 2.05 bits per heavy atom. The van der Waals surface area contributed by atoms with Crippen LogP contribution in [0.1, 0.15) is 42.3 Å². The van der Waals surface area contributed by atoms with Crippen LogP contribution in [0.5, 0.6) is 0 Å². The van der Waals surface area contributed by atoms with E-state index >= 15 is 0 Å². The molecule has 1 saturated carbocycles. The first-order chi connectivity index (χ1) is 9.95. The lowest BCUT2D eigenvalue weighted by Crippen LogP contribution is -2.19. The Bertz CT molecular complexity index is 645. The average molecular weight is 315 g/mol. The highest BCUT2D eigenvalue weighted by Crippen LogP contribution is 2.36. The fraction of sp³-hybridized carbons (Fsp3) is 0.400. The maximum absolute atomic E-state index is 13.1. The first-order valence-corrected chi connectivity index (χ1v) is 7.20. The zero-order valence-electron chi connectivity index (χ0n) is 11.2. The number of rotatable bonds is 3. The average Bonchev–Trinajstić information content (AvgIpc) is 2.76. The zero-order valence-corrected chi connectivity index (χ0v) is 12.0. The number of hydrogen-bond acceptors (Lipinski definition) is 1. The van der Waals surface area contributed by atoms with E-state index in [1.807, 2.05) is 10.8 Å². The number of halogens is 4. The van der Waals surface area contributed by atoms with Crippen molar-refractivity contribution in [3.8, 4) is 0 Å². The molecule has 1 aromatic carbocycles. The van der Waals surface area contributed by atoms with Crippen LogP contribution in [-0.4, -0.2) is 9.55 Å². The van der Waals surface area contributed by atoms with Crippen LogP contribution in [0, 0.1) is 0 Å². The predicted molar refractivity (Wildman–Crippen MR) is 74.4 cm³/mol. The van der Waals surface area contributed by atoms with E-state index in [1.54, 1.807) is 6.20 Å². The smallest absolute Gasteiger partial charge is 0.332 e. The van der Waals surface area contributed by atoms with Crippen LogP contribution in [0.2, 0.25) is 5.02 Å². The molecular formula is C15H14ClF3N2. The van der Waals surface area contributed by atoms with Crippen molar-refractivity contribution in [1.82, 2.24) is 9.55 Å². The summed E-state index contributed by atoms with van der Waals surface area (Å²) in [6.45, 7) is 0. The normalized spacial score (nSPS) is 16.0. The SMILES string of the molecule is FC(F)(F)c1cc(Cl)ccc1Cc1nccn1C1CCC1. The van der Waals surface area contributed by atoms with Crippen LogP contribution in [0.25, 0.3) is 0 Å². The Hall–Kier alpha value is -1.49. The van der Waals surface area contributed by atoms with Gasteiger partial charge in [0.25, 0.3) is 0 Å². The van der Waals surface area contributed by atoms with E-state index in [4.69, 9.17) is 11.6 Å². The van der Waals surface area contributed by atoms with Crippen LogP contribution in [0.15, 0.2) is 30.6 Å². The van der Waals surface area contributed by atoms with Gasteiger partial charge in [0, 0.05) is 29.9 Å². The quantitative estimate of drug-likeness (QED) is 0.790. The highest BCUT2D eigenvalue weighted by Gasteiger charge is 2.34. The summed E-state index contributed by atoms with van der Waals surface area (Å²) in [5, 5.41) is 0.0911. The monoisotopic (exact) mass is 314 g/mol. The van der Waals surface area contributed by atoms with Crippen LogP contribution < -0.4 is 0 Å². The van der Waals surface area contributed by atoms with Gasteiger partial charge in [-0.15, -0.1) is 0 Å². The van der Waals surface area contributed by atoms with Crippen molar-refractivity contribution in [3.05, 3.63) is 52.6 Å². The fourth-order valence-electron chi connectivity index (χ4n) is 2.62. The van der Waals surface area contributed by atoms with Gasteiger partial charge in [-0.25, -0.2) is 4.98 Å². The van der Waals surface area contributed by atoms with Gasteiger partial charge in [-0.2, -0.15) is 13.2 Å². The van der Waals surface area contributed by atoms with Crippen molar-refractivity contribution < 1.29 is 13.2 Å². The number of benzene rings is 1. The number of alkyl halides is 3. The van der Waals surface area contributed by atoms with Crippen molar-refractivity contribution in [3.63, 3.8) is 0 Å². The lowest BCUT2D eigenvalue weighted by Gasteiger charge is -2.28. The maximum Gasteiger partial charge on any atom is 0.416 e. The molecule has 1 fully saturated rings. The molecule has 0 atom stereocenters. The summed E-state index contributed by atoms with van der Waals surface area (Å²) < 4.78 is 41.3. The van der Waals surface area contributed by atoms with E-state index in [0.29, 0.717) is 11.9 Å². The Balaban J connectivity index is 1.93. The molecule has 0 bridgehead atoms. The second kappa shape index (κ2) is 5.37. The molecule has 6 heteroatoms. The third kappa shape index (κ3) is 2.93. The number of aromatic nitrogens is 2. The molecule has 1 aliphatic carbocycles. The molecule has 21 heavy (non-hydrogen) atoms. The Morgan fingerprint density at radius 1 is 1.29 bits per heavy atom. The molecule has 112 valence electrons. The number of hydrogen-bond donors (Lipinski definition) is 0. The van der Waals surface area contributed by atoms with Crippen LogP contribution >= 0.6 is 11.6 Å². The number of nitrogens with zero attached hydrogens (tertiary/aromatic N) is 2. The van der Waals surface area contributed by atoms with Gasteiger partial charge in [-0.1, -0.05) is 17.7 Å². The molecule has 2 aromatic rings. The molecule has 1 aromatic heterocycles. The summed E-state index contributed by atoms with van der Waals surface area (Å²) in [6.07, 6.45) is 2.55. The molecular weight excluding hydrogens is 301 g/mol. The Kier molecular flexibility index (Phi) is 3.69. The molecule has 0 spiro atoms. The van der Waals surface area contributed by atoms with Gasteiger partial charge in [0.15, 0.2) is 0 Å². The minimum Gasteiger partial charge on any atom is -0.332 e. The topological polar surface area (TPSA) is 17.8 Å². The molecule has 1 heterocycles. The van der Waals surface area contributed by atoms with E-state index in [2.05, 4.69) is 4.98 Å². The third-order valence-corrected chi connectivity index (χ3v) is 4.18. The van der Waals surface area contributed by atoms with E-state index < -0.39 is 11.7 Å². The predicted octanol–water partition coefficient (Wildman–Crippen LogP) is 4.87. The van der Waals surface area contributed by atoms with Crippen molar-refractivity contribution >= 4 is 11.6 Å². The fourth-order valence-corrected chi connectivity index (χ4v) is 2.79. The van der Waals surface area contributed by atoms with Crippen LogP contribution in [-0.2, 0) is 12.6 Å². The molecule has 0 aliphatic heterocycles. The zero-order chi connectivity index (χ0) is 15.0. The summed E-state index contributed by atoms with van der Waals surface area (Å²) in [4.78, 5) is 4.22. The molecule has 0 saturated heterocycles. The molecule has 3 rings (SSSR count). The lowest BCUT2D eigenvalue weighted by molar-refractivity contribution is -0.138. The third-order valence-electron chi connectivity index (χ3n) is 3.94. The highest BCUT2D eigenvalue weighted by molar-refractivity contribution is 6.30. The Morgan fingerprint density at radius 3 is 2.67 bits per heavy atom. The second-order valence-corrected chi connectivity index (χ2v) is 5.75. The van der Waals surface area contributed by atoms with Gasteiger partial charge in [0.1, 0.15) is 5.82 Å². The second-order valence-electron chi connectivity index (χ2n) is 5.31. The van der Waals surface area contributed by atoms with E-state index in [-0.39, 0.29) is 17.0 Å². The minimum absolute atomic E-state index is 0.0911. The van der Waals surface area contributed by atoms with Gasteiger partial charge in [-0.05, 0) is 37.0 Å². The highest BCUT2D eigenvalue weighted by atomic mass is 35.5. The standard InChI is InChI=1S/C15H14ClF3N2/c16-11-5-4-10(13(9-11)15(17,18)19)8-14-20-6-7-21(14)12-2-1-3-12/h4-7,9,12H,1-3,8H2. The molecule has 0 unspecified atom stereocenters. The molecule has 1 aliphatic rings. The van der Waals surface area contributed by atoms with Gasteiger partial charge in [-0.3, -0.25) is 0 Å². The van der Waals surface area contributed by atoms with Gasteiger partial charge in [0.05, 0.1) is 5.56 Å². The summed E-state index contributed by atoms with van der Waals surface area (Å²) in [5.41, 5.74) is -0.475. The summed E-state index contributed by atoms with van der Waals surface area (Å²) >= 11 is 5.70. The summed E-state index contributed by atoms with van der Waals surface area (Å²) in [6, 6.07) is 4.28. The summed E-state index contributed by atoms with van der Waals surface area (Å²) in [7, 11) is 0. The molecule has 0 amide bonds. The van der Waals surface area contributed by atoms with Gasteiger partial charge < -0.3 is 4.57 Å². The van der Waals surface area contributed by atoms with Gasteiger partial charge >= 0.3 is 6.18 Å². The van der Waals surface area contributed by atoms with E-state index in [0.717, 1.165) is 25.3 Å². The first kappa shape index (κ1) is 14.4. The van der Waals surface area contributed by atoms with E-state index in [1.165, 1.54) is 12.1 Å². The molecule has 2 nitrogen and oxygen atoms in total. The van der Waals surface area contributed by atoms with E-state index in [9.17, 15) is 13.2 Å². The van der Waals surface area contributed by atoms with Gasteiger partial charge in [0.2, 0.25) is 0 Å². The molecule has 0 radical (unpaired) electrons. The van der Waals surface area contributed by atoms with Crippen molar-refractivity contribution in [1.29, 1.82) is 0 Å². The summed E-state index contributed by atoms with van der Waals surface area (Å²) in [5.74, 6) is 0.674. The van der Waals surface area contributed by atoms with Crippen molar-refractivity contribution in [2.75, 3.05) is 0 Å². The van der Waals surface area contributed by atoms with Crippen molar-refractivity contribution in [2.24, 2.45) is 0 Å². The lowest BCUT2D eigenvalue weighted by atomic mass is 9.92. The van der Waals surface area contributed by atoms with Crippen molar-refractivity contribution in [2.45, 2.75) is 37.9 Å². The largest absolute Gasteiger partial charge is 0.416 e.